The molecular weight excluding hydrogens is 404 g/mol. The summed E-state index contributed by atoms with van der Waals surface area (Å²) in [4.78, 5) is 16.8. The van der Waals surface area contributed by atoms with Crippen molar-refractivity contribution in [2.75, 3.05) is 26.6 Å². The highest BCUT2D eigenvalue weighted by Gasteiger charge is 2.21. The van der Waals surface area contributed by atoms with E-state index >= 15 is 0 Å². The Labute approximate surface area is 190 Å². The number of hydrogen-bond donors (Lipinski definition) is 3. The smallest absolute Gasteiger partial charge is 0.227 e. The fourth-order valence-electron chi connectivity index (χ4n) is 3.95. The van der Waals surface area contributed by atoms with Gasteiger partial charge < -0.3 is 25.4 Å². The predicted molar refractivity (Wildman–Crippen MR) is 128 cm³/mol. The maximum absolute atomic E-state index is 12.5. The van der Waals surface area contributed by atoms with E-state index < -0.39 is 0 Å². The van der Waals surface area contributed by atoms with Gasteiger partial charge in [0.25, 0.3) is 0 Å². The molecule has 2 aromatic carbocycles. The van der Waals surface area contributed by atoms with Crippen molar-refractivity contribution in [3.8, 4) is 11.5 Å². The van der Waals surface area contributed by atoms with Crippen LogP contribution in [0, 0.1) is 5.92 Å². The van der Waals surface area contributed by atoms with Crippen LogP contribution < -0.4 is 25.4 Å². The predicted octanol–water partition coefficient (Wildman–Crippen LogP) is 4.09. The standard InChI is InChI=1S/C25H34N4O3/c1-26-25(28-17-20-12-13-22(31-2)15-23(20)32-3)27-16-18-8-7-11-21(14-18)29-24(30)19-9-5-4-6-10-19/h7-8,11-15,19H,4-6,9-10,16-17H2,1-3H3,(H,29,30)(H2,26,27,28). The van der Waals surface area contributed by atoms with Crippen LogP contribution in [0.3, 0.4) is 0 Å². The van der Waals surface area contributed by atoms with E-state index in [-0.39, 0.29) is 11.8 Å². The molecule has 1 aliphatic rings. The van der Waals surface area contributed by atoms with E-state index in [1.165, 1.54) is 6.42 Å². The fraction of sp³-hybridized carbons (Fsp3) is 0.440. The lowest BCUT2D eigenvalue weighted by Crippen LogP contribution is -2.36. The summed E-state index contributed by atoms with van der Waals surface area (Å²) in [7, 11) is 5.02. The van der Waals surface area contributed by atoms with Crippen molar-refractivity contribution in [2.45, 2.75) is 45.2 Å². The van der Waals surface area contributed by atoms with Gasteiger partial charge >= 0.3 is 0 Å². The van der Waals surface area contributed by atoms with E-state index in [4.69, 9.17) is 9.47 Å². The molecule has 3 rings (SSSR count). The molecular formula is C25H34N4O3. The van der Waals surface area contributed by atoms with Crippen LogP contribution in [0.4, 0.5) is 5.69 Å². The lowest BCUT2D eigenvalue weighted by Gasteiger charge is -2.21. The number of carbonyl (C=O) groups excluding carboxylic acids is 1. The van der Waals surface area contributed by atoms with Crippen molar-refractivity contribution in [2.24, 2.45) is 10.9 Å². The molecule has 0 heterocycles. The number of aliphatic imine (C=N–C) groups is 1. The first kappa shape index (κ1) is 23.4. The molecule has 1 saturated carbocycles. The largest absolute Gasteiger partial charge is 0.497 e. The topological polar surface area (TPSA) is 84.0 Å². The Morgan fingerprint density at radius 3 is 2.50 bits per heavy atom. The van der Waals surface area contributed by atoms with Gasteiger partial charge in [-0.2, -0.15) is 0 Å². The number of rotatable bonds is 8. The third kappa shape index (κ3) is 6.64. The Bertz CT molecular complexity index is 923. The number of hydrogen-bond acceptors (Lipinski definition) is 4. The van der Waals surface area contributed by atoms with Crippen LogP contribution in [-0.2, 0) is 17.9 Å². The number of nitrogens with zero attached hydrogens (tertiary/aromatic N) is 1. The van der Waals surface area contributed by atoms with Crippen LogP contribution in [0.25, 0.3) is 0 Å². The molecule has 0 aromatic heterocycles. The first-order valence-corrected chi connectivity index (χ1v) is 11.2. The second kappa shape index (κ2) is 12.0. The minimum Gasteiger partial charge on any atom is -0.497 e. The molecule has 0 atom stereocenters. The lowest BCUT2D eigenvalue weighted by atomic mass is 9.88. The van der Waals surface area contributed by atoms with Crippen molar-refractivity contribution in [1.29, 1.82) is 0 Å². The van der Waals surface area contributed by atoms with Crippen LogP contribution >= 0.6 is 0 Å². The van der Waals surface area contributed by atoms with E-state index in [0.717, 1.165) is 54.0 Å². The average Bonchev–Trinajstić information content (AvgIpc) is 2.84. The third-order valence-corrected chi connectivity index (χ3v) is 5.79. The van der Waals surface area contributed by atoms with Gasteiger partial charge in [-0.25, -0.2) is 0 Å². The molecule has 172 valence electrons. The van der Waals surface area contributed by atoms with E-state index in [9.17, 15) is 4.79 Å². The SMILES string of the molecule is CN=C(NCc1cccc(NC(=O)C2CCCCC2)c1)NCc1ccc(OC)cc1OC. The summed E-state index contributed by atoms with van der Waals surface area (Å²) in [6.45, 7) is 1.15. The van der Waals surface area contributed by atoms with Crippen molar-refractivity contribution in [1.82, 2.24) is 10.6 Å². The summed E-state index contributed by atoms with van der Waals surface area (Å²) in [5, 5.41) is 9.71. The van der Waals surface area contributed by atoms with E-state index in [1.807, 2.05) is 42.5 Å². The number of carbonyl (C=O) groups is 1. The molecule has 1 aliphatic carbocycles. The molecule has 32 heavy (non-hydrogen) atoms. The quantitative estimate of drug-likeness (QED) is 0.427. The number of benzene rings is 2. The van der Waals surface area contributed by atoms with Gasteiger partial charge in [-0.15, -0.1) is 0 Å². The first-order valence-electron chi connectivity index (χ1n) is 11.2. The molecule has 1 fully saturated rings. The molecule has 1 amide bonds. The lowest BCUT2D eigenvalue weighted by molar-refractivity contribution is -0.120. The molecule has 0 saturated heterocycles. The molecule has 2 aromatic rings. The summed E-state index contributed by atoms with van der Waals surface area (Å²) in [5.41, 5.74) is 2.91. The molecule has 0 unspecified atom stereocenters. The van der Waals surface area contributed by atoms with Gasteiger partial charge in [0.15, 0.2) is 5.96 Å². The normalized spacial score (nSPS) is 14.5. The van der Waals surface area contributed by atoms with Crippen molar-refractivity contribution < 1.29 is 14.3 Å². The van der Waals surface area contributed by atoms with Crippen molar-refractivity contribution >= 4 is 17.6 Å². The molecule has 0 spiro atoms. The summed E-state index contributed by atoms with van der Waals surface area (Å²) < 4.78 is 10.7. The Kier molecular flexibility index (Phi) is 8.78. The maximum atomic E-state index is 12.5. The molecule has 7 nitrogen and oxygen atoms in total. The number of guanidine groups is 1. The van der Waals surface area contributed by atoms with Gasteiger partial charge in [0.1, 0.15) is 11.5 Å². The van der Waals surface area contributed by atoms with Gasteiger partial charge in [-0.3, -0.25) is 9.79 Å². The van der Waals surface area contributed by atoms with Gasteiger partial charge in [0.2, 0.25) is 5.91 Å². The highest BCUT2D eigenvalue weighted by molar-refractivity contribution is 5.92. The zero-order chi connectivity index (χ0) is 22.8. The second-order valence-corrected chi connectivity index (χ2v) is 7.98. The fourth-order valence-corrected chi connectivity index (χ4v) is 3.95. The van der Waals surface area contributed by atoms with E-state index in [2.05, 4.69) is 20.9 Å². The van der Waals surface area contributed by atoms with Crippen LogP contribution in [0.15, 0.2) is 47.5 Å². The van der Waals surface area contributed by atoms with Crippen LogP contribution in [0.2, 0.25) is 0 Å². The molecule has 7 heteroatoms. The minimum absolute atomic E-state index is 0.140. The van der Waals surface area contributed by atoms with Gasteiger partial charge in [-0.05, 0) is 42.7 Å². The van der Waals surface area contributed by atoms with E-state index in [1.54, 1.807) is 21.3 Å². The molecule has 3 N–H and O–H groups in total. The van der Waals surface area contributed by atoms with Gasteiger partial charge in [-0.1, -0.05) is 31.4 Å². The summed E-state index contributed by atoms with van der Waals surface area (Å²) in [6, 6.07) is 13.7. The number of anilines is 1. The average molecular weight is 439 g/mol. The van der Waals surface area contributed by atoms with Crippen LogP contribution in [-0.4, -0.2) is 33.1 Å². The molecule has 0 aliphatic heterocycles. The first-order chi connectivity index (χ1) is 15.6. The van der Waals surface area contributed by atoms with Crippen molar-refractivity contribution in [3.63, 3.8) is 0 Å². The number of ether oxygens (including phenoxy) is 2. The summed E-state index contributed by atoms with van der Waals surface area (Å²) in [6.07, 6.45) is 5.53. The number of amides is 1. The Balaban J connectivity index is 1.52. The molecule has 0 radical (unpaired) electrons. The van der Waals surface area contributed by atoms with Gasteiger partial charge in [0.05, 0.1) is 14.2 Å². The molecule has 0 bridgehead atoms. The van der Waals surface area contributed by atoms with E-state index in [0.29, 0.717) is 19.0 Å². The third-order valence-electron chi connectivity index (χ3n) is 5.79. The van der Waals surface area contributed by atoms with Crippen molar-refractivity contribution in [3.05, 3.63) is 53.6 Å². The maximum Gasteiger partial charge on any atom is 0.227 e. The monoisotopic (exact) mass is 438 g/mol. The summed E-state index contributed by atoms with van der Waals surface area (Å²) in [5.74, 6) is 2.47. The van der Waals surface area contributed by atoms with Gasteiger partial charge in [0, 0.05) is 43.4 Å². The summed E-state index contributed by atoms with van der Waals surface area (Å²) >= 11 is 0. The minimum atomic E-state index is 0.140. The van der Waals surface area contributed by atoms with Crippen LogP contribution in [0.1, 0.15) is 43.2 Å². The Morgan fingerprint density at radius 2 is 1.78 bits per heavy atom. The second-order valence-electron chi connectivity index (χ2n) is 7.98. The highest BCUT2D eigenvalue weighted by atomic mass is 16.5. The zero-order valence-electron chi connectivity index (χ0n) is 19.2. The van der Waals surface area contributed by atoms with Crippen LogP contribution in [0.5, 0.6) is 11.5 Å². The Morgan fingerprint density at radius 1 is 1.00 bits per heavy atom. The highest BCUT2D eigenvalue weighted by Crippen LogP contribution is 2.25. The Hall–Kier alpha value is -3.22. The number of nitrogens with one attached hydrogen (secondary N) is 3. The number of methoxy groups -OCH3 is 2. The zero-order valence-corrected chi connectivity index (χ0v) is 19.2.